The van der Waals surface area contributed by atoms with Crippen molar-refractivity contribution in [1.29, 1.82) is 0 Å². The van der Waals surface area contributed by atoms with Gasteiger partial charge < -0.3 is 10.2 Å². The third-order valence-electron chi connectivity index (χ3n) is 5.09. The summed E-state index contributed by atoms with van der Waals surface area (Å²) in [4.78, 5) is 23.6. The highest BCUT2D eigenvalue weighted by Crippen LogP contribution is 2.25. The van der Waals surface area contributed by atoms with E-state index >= 15 is 0 Å². The molecule has 0 saturated carbocycles. The fourth-order valence-electron chi connectivity index (χ4n) is 3.44. The van der Waals surface area contributed by atoms with E-state index in [4.69, 9.17) is 0 Å². The second-order valence-electron chi connectivity index (χ2n) is 7.37. The molecule has 3 heterocycles. The van der Waals surface area contributed by atoms with Crippen LogP contribution >= 0.6 is 11.3 Å². The number of benzene rings is 1. The second kappa shape index (κ2) is 9.03. The largest absolute Gasteiger partial charge is 0.348 e. The van der Waals surface area contributed by atoms with Crippen molar-refractivity contribution in [3.63, 3.8) is 0 Å². The lowest BCUT2D eigenvalue weighted by atomic mass is 10.1. The summed E-state index contributed by atoms with van der Waals surface area (Å²) >= 11 is 1.12. The van der Waals surface area contributed by atoms with Gasteiger partial charge in [-0.05, 0) is 49.4 Å². The number of carbonyl (C=O) groups is 1. The number of thiophene rings is 1. The zero-order valence-corrected chi connectivity index (χ0v) is 18.6. The van der Waals surface area contributed by atoms with Gasteiger partial charge in [-0.2, -0.15) is 0 Å². The Bertz CT molecular complexity index is 1140. The fraction of sp³-hybridized carbons (Fsp3) is 0.286. The minimum atomic E-state index is -3.87. The van der Waals surface area contributed by atoms with Crippen LogP contribution in [0.25, 0.3) is 0 Å². The minimum Gasteiger partial charge on any atom is -0.348 e. The number of aromatic nitrogens is 2. The molecule has 1 saturated heterocycles. The first-order chi connectivity index (χ1) is 14.9. The van der Waals surface area contributed by atoms with Crippen LogP contribution < -0.4 is 14.9 Å². The molecule has 2 aromatic heterocycles. The summed E-state index contributed by atoms with van der Waals surface area (Å²) in [6, 6.07) is 10.3. The molecule has 1 aliphatic rings. The average molecular weight is 458 g/mol. The molecule has 0 aliphatic carbocycles. The number of nitrogens with zero attached hydrogens (tertiary/aromatic N) is 3. The maximum absolute atomic E-state index is 12.9. The topological polar surface area (TPSA) is 104 Å². The van der Waals surface area contributed by atoms with Crippen LogP contribution in [0, 0.1) is 6.92 Å². The van der Waals surface area contributed by atoms with Gasteiger partial charge in [-0.25, -0.2) is 18.4 Å². The van der Waals surface area contributed by atoms with Gasteiger partial charge in [0.2, 0.25) is 5.95 Å². The predicted molar refractivity (Wildman–Crippen MR) is 121 cm³/mol. The molecule has 3 aromatic rings. The number of hydrogen-bond acceptors (Lipinski definition) is 7. The molecule has 1 aliphatic heterocycles. The van der Waals surface area contributed by atoms with Crippen LogP contribution in [0.15, 0.2) is 59.1 Å². The third-order valence-corrected chi connectivity index (χ3v) is 7.56. The van der Waals surface area contributed by atoms with Gasteiger partial charge in [-0.3, -0.25) is 9.52 Å². The Labute approximate surface area is 185 Å². The van der Waals surface area contributed by atoms with Gasteiger partial charge >= 0.3 is 0 Å². The molecule has 1 aromatic carbocycles. The number of amides is 1. The van der Waals surface area contributed by atoms with Gasteiger partial charge in [0.1, 0.15) is 9.77 Å². The first-order valence-corrected chi connectivity index (χ1v) is 12.3. The Morgan fingerprint density at radius 3 is 2.45 bits per heavy atom. The normalized spacial score (nSPS) is 14.9. The molecule has 162 valence electrons. The molecule has 8 nitrogen and oxygen atoms in total. The van der Waals surface area contributed by atoms with Crippen molar-refractivity contribution < 1.29 is 13.2 Å². The van der Waals surface area contributed by atoms with E-state index in [9.17, 15) is 13.2 Å². The SMILES string of the molecule is Cc1ccc(NS(=O)(=O)c2ccsc2C(=O)NC2CCN(c3ncccn3)CC2)cc1. The first kappa shape index (κ1) is 21.3. The molecule has 0 unspecified atom stereocenters. The summed E-state index contributed by atoms with van der Waals surface area (Å²) in [5.41, 5.74) is 1.49. The summed E-state index contributed by atoms with van der Waals surface area (Å²) in [6.45, 7) is 3.37. The van der Waals surface area contributed by atoms with Crippen molar-refractivity contribution >= 4 is 38.9 Å². The highest BCUT2D eigenvalue weighted by molar-refractivity contribution is 7.93. The van der Waals surface area contributed by atoms with Gasteiger partial charge in [0.25, 0.3) is 15.9 Å². The van der Waals surface area contributed by atoms with E-state index in [1.54, 1.807) is 36.0 Å². The van der Waals surface area contributed by atoms with Crippen LogP contribution in [-0.4, -0.2) is 43.4 Å². The van der Waals surface area contributed by atoms with E-state index in [1.807, 2.05) is 19.1 Å². The lowest BCUT2D eigenvalue weighted by Crippen LogP contribution is -2.45. The molecule has 0 radical (unpaired) electrons. The summed E-state index contributed by atoms with van der Waals surface area (Å²) in [7, 11) is -3.87. The van der Waals surface area contributed by atoms with Crippen molar-refractivity contribution in [2.24, 2.45) is 0 Å². The first-order valence-electron chi connectivity index (χ1n) is 9.92. The molecule has 31 heavy (non-hydrogen) atoms. The maximum Gasteiger partial charge on any atom is 0.263 e. The molecule has 1 amide bonds. The van der Waals surface area contributed by atoms with E-state index in [-0.39, 0.29) is 21.7 Å². The van der Waals surface area contributed by atoms with Crippen LogP contribution in [-0.2, 0) is 10.0 Å². The molecule has 0 bridgehead atoms. The molecule has 0 atom stereocenters. The van der Waals surface area contributed by atoms with Gasteiger partial charge in [0.15, 0.2) is 0 Å². The Hall–Kier alpha value is -2.98. The van der Waals surface area contributed by atoms with Gasteiger partial charge in [0, 0.05) is 37.2 Å². The Kier molecular flexibility index (Phi) is 6.19. The molecule has 10 heteroatoms. The monoisotopic (exact) mass is 457 g/mol. The quantitative estimate of drug-likeness (QED) is 0.590. The highest BCUT2D eigenvalue weighted by Gasteiger charge is 2.27. The Morgan fingerprint density at radius 2 is 1.77 bits per heavy atom. The Balaban J connectivity index is 1.40. The maximum atomic E-state index is 12.9. The minimum absolute atomic E-state index is 0.00861. The number of aryl methyl sites for hydroxylation is 1. The second-order valence-corrected chi connectivity index (χ2v) is 9.94. The number of hydrogen-bond donors (Lipinski definition) is 2. The number of sulfonamides is 1. The molecule has 2 N–H and O–H groups in total. The lowest BCUT2D eigenvalue weighted by Gasteiger charge is -2.32. The molecule has 4 rings (SSSR count). The van der Waals surface area contributed by atoms with Crippen molar-refractivity contribution in [3.05, 3.63) is 64.6 Å². The van der Waals surface area contributed by atoms with Crippen molar-refractivity contribution in [2.75, 3.05) is 22.7 Å². The summed E-state index contributed by atoms with van der Waals surface area (Å²) in [5.74, 6) is 0.315. The van der Waals surface area contributed by atoms with E-state index < -0.39 is 10.0 Å². The van der Waals surface area contributed by atoms with E-state index in [2.05, 4.69) is 24.9 Å². The zero-order valence-electron chi connectivity index (χ0n) is 17.0. The number of anilines is 2. The third kappa shape index (κ3) is 5.02. The van der Waals surface area contributed by atoms with Crippen LogP contribution in [0.5, 0.6) is 0 Å². The summed E-state index contributed by atoms with van der Waals surface area (Å²) < 4.78 is 28.3. The molecule has 1 fully saturated rings. The summed E-state index contributed by atoms with van der Waals surface area (Å²) in [6.07, 6.45) is 4.89. The van der Waals surface area contributed by atoms with Crippen LogP contribution in [0.3, 0.4) is 0 Å². The zero-order chi connectivity index (χ0) is 21.8. The average Bonchev–Trinajstić information content (AvgIpc) is 3.28. The van der Waals surface area contributed by atoms with Crippen LogP contribution in [0.1, 0.15) is 28.1 Å². The highest BCUT2D eigenvalue weighted by atomic mass is 32.2. The number of carbonyl (C=O) groups excluding carboxylic acids is 1. The lowest BCUT2D eigenvalue weighted by molar-refractivity contribution is 0.0932. The van der Waals surface area contributed by atoms with Crippen LogP contribution in [0.2, 0.25) is 0 Å². The number of nitrogens with one attached hydrogen (secondary N) is 2. The molecule has 0 spiro atoms. The van der Waals surface area contributed by atoms with Gasteiger partial charge in [0.05, 0.1) is 0 Å². The van der Waals surface area contributed by atoms with Crippen molar-refractivity contribution in [1.82, 2.24) is 15.3 Å². The van der Waals surface area contributed by atoms with E-state index in [1.165, 1.54) is 6.07 Å². The van der Waals surface area contributed by atoms with Gasteiger partial charge in [-0.1, -0.05) is 17.7 Å². The standard InChI is InChI=1S/C21H23N5O3S2/c1-15-3-5-17(6-4-15)25-31(28,29)18-9-14-30-19(18)20(27)24-16-7-12-26(13-8-16)21-22-10-2-11-23-21/h2-6,9-11,14,16,25H,7-8,12-13H2,1H3,(H,24,27). The van der Waals surface area contributed by atoms with E-state index in [0.29, 0.717) is 11.6 Å². The fourth-order valence-corrected chi connectivity index (χ4v) is 5.83. The smallest absolute Gasteiger partial charge is 0.263 e. The summed E-state index contributed by atoms with van der Waals surface area (Å²) in [5, 5.41) is 4.61. The van der Waals surface area contributed by atoms with Crippen molar-refractivity contribution in [2.45, 2.75) is 30.7 Å². The predicted octanol–water partition coefficient (Wildman–Crippen LogP) is 3.05. The van der Waals surface area contributed by atoms with Crippen molar-refractivity contribution in [3.8, 4) is 0 Å². The number of piperidine rings is 1. The molecular weight excluding hydrogens is 434 g/mol. The van der Waals surface area contributed by atoms with E-state index in [0.717, 1.165) is 42.8 Å². The van der Waals surface area contributed by atoms with Crippen LogP contribution in [0.4, 0.5) is 11.6 Å². The molecular formula is C21H23N5O3S2. The Morgan fingerprint density at radius 1 is 1.10 bits per heavy atom. The van der Waals surface area contributed by atoms with Gasteiger partial charge in [-0.15, -0.1) is 11.3 Å². The number of rotatable bonds is 6.